The molecule has 0 heterocycles. The maximum atomic E-state index is 10.3. The van der Waals surface area contributed by atoms with Gasteiger partial charge in [0.25, 0.3) is 10.1 Å². The van der Waals surface area contributed by atoms with Crippen LogP contribution >= 0.6 is 12.6 Å². The lowest BCUT2D eigenvalue weighted by Gasteiger charge is -2.11. The molecule has 0 bridgehead atoms. The number of aliphatic hydroxyl groups excluding tert-OH is 1. The topological polar surface area (TPSA) is 74.6 Å². The average molecular weight is 186 g/mol. The summed E-state index contributed by atoms with van der Waals surface area (Å²) in [6, 6.07) is 0. The van der Waals surface area contributed by atoms with Gasteiger partial charge < -0.3 is 5.11 Å². The normalized spacial score (nSPS) is 18.4. The van der Waals surface area contributed by atoms with Gasteiger partial charge in [-0.3, -0.25) is 4.55 Å². The highest BCUT2D eigenvalue weighted by molar-refractivity contribution is 8.01. The minimum absolute atomic E-state index is 0.244. The van der Waals surface area contributed by atoms with Crippen LogP contribution in [0.15, 0.2) is 0 Å². The van der Waals surface area contributed by atoms with Gasteiger partial charge in [0.05, 0.1) is 6.10 Å². The van der Waals surface area contributed by atoms with Crippen molar-refractivity contribution in [1.29, 1.82) is 0 Å². The average Bonchev–Trinajstić information content (AvgIpc) is 1.83. The molecule has 0 aliphatic heterocycles. The smallest absolute Gasteiger partial charge is 0.279 e. The molecule has 6 heteroatoms. The predicted molar refractivity (Wildman–Crippen MR) is 40.6 cm³/mol. The summed E-state index contributed by atoms with van der Waals surface area (Å²) in [5.41, 5.74) is 0. The Morgan fingerprint density at radius 3 is 2.10 bits per heavy atom. The van der Waals surface area contributed by atoms with E-state index in [0.29, 0.717) is 0 Å². The minimum atomic E-state index is -4.20. The van der Waals surface area contributed by atoms with Crippen molar-refractivity contribution in [3.05, 3.63) is 0 Å². The second kappa shape index (κ2) is 3.56. The van der Waals surface area contributed by atoms with Crippen LogP contribution in [0.4, 0.5) is 0 Å². The molecule has 0 saturated carbocycles. The Balaban J connectivity index is 4.23. The van der Waals surface area contributed by atoms with Gasteiger partial charge in [-0.15, -0.1) is 0 Å². The Hall–Kier alpha value is 0.220. The fraction of sp³-hybridized carbons (Fsp3) is 1.00. The van der Waals surface area contributed by atoms with E-state index in [1.165, 1.54) is 0 Å². The Morgan fingerprint density at radius 2 is 2.00 bits per heavy atom. The van der Waals surface area contributed by atoms with Crippen molar-refractivity contribution in [2.24, 2.45) is 0 Å². The monoisotopic (exact) mass is 186 g/mol. The van der Waals surface area contributed by atoms with Gasteiger partial charge >= 0.3 is 0 Å². The molecule has 0 aromatic heterocycles. The summed E-state index contributed by atoms with van der Waals surface area (Å²) in [6.07, 6.45) is -0.869. The van der Waals surface area contributed by atoms with E-state index < -0.39 is 20.8 Å². The number of hydrogen-bond donors (Lipinski definition) is 3. The molecule has 10 heavy (non-hydrogen) atoms. The number of hydrogen-bond acceptors (Lipinski definition) is 4. The van der Waals surface area contributed by atoms with Gasteiger partial charge in [0.1, 0.15) is 0 Å². The molecule has 0 rings (SSSR count). The van der Waals surface area contributed by atoms with Crippen LogP contribution < -0.4 is 0 Å². The molecule has 0 aliphatic rings. The summed E-state index contributed by atoms with van der Waals surface area (Å²) < 4.78 is 27.4. The first kappa shape index (κ1) is 10.2. The van der Waals surface area contributed by atoms with Crippen LogP contribution in [-0.2, 0) is 10.1 Å². The molecule has 0 aromatic rings. The van der Waals surface area contributed by atoms with E-state index in [9.17, 15) is 8.42 Å². The molecule has 2 N–H and O–H groups in total. The fourth-order valence-electron chi connectivity index (χ4n) is 0.400. The Bertz CT molecular complexity index is 185. The molecule has 0 radical (unpaired) electrons. The maximum absolute atomic E-state index is 10.3. The summed E-state index contributed by atoms with van der Waals surface area (Å²) in [4.78, 5) is 0. The zero-order valence-electron chi connectivity index (χ0n) is 5.43. The SMILES string of the molecule is CCC(O)C(S)S(=O)(=O)O. The van der Waals surface area contributed by atoms with Crippen molar-refractivity contribution in [2.75, 3.05) is 0 Å². The van der Waals surface area contributed by atoms with Crippen LogP contribution in [0.5, 0.6) is 0 Å². The molecule has 4 nitrogen and oxygen atoms in total. The van der Waals surface area contributed by atoms with E-state index in [1.807, 2.05) is 0 Å². The molecule has 2 unspecified atom stereocenters. The van der Waals surface area contributed by atoms with E-state index in [2.05, 4.69) is 12.6 Å². The van der Waals surface area contributed by atoms with Crippen LogP contribution in [0, 0.1) is 0 Å². The van der Waals surface area contributed by atoms with Crippen molar-refractivity contribution >= 4 is 22.7 Å². The van der Waals surface area contributed by atoms with Gasteiger partial charge in [0.2, 0.25) is 0 Å². The number of thiol groups is 1. The molecule has 0 spiro atoms. The van der Waals surface area contributed by atoms with Gasteiger partial charge in [-0.25, -0.2) is 0 Å². The van der Waals surface area contributed by atoms with Gasteiger partial charge in [-0.2, -0.15) is 21.0 Å². The first-order chi connectivity index (χ1) is 4.39. The molecule has 0 aromatic carbocycles. The van der Waals surface area contributed by atoms with Gasteiger partial charge in [0, 0.05) is 0 Å². The van der Waals surface area contributed by atoms with E-state index >= 15 is 0 Å². The Kier molecular flexibility index (Phi) is 3.64. The predicted octanol–water partition coefficient (Wildman–Crippen LogP) is -0.0990. The molecule has 0 saturated heterocycles. The van der Waals surface area contributed by atoms with Crippen molar-refractivity contribution in [3.63, 3.8) is 0 Å². The molecular formula is C4H10O4S2. The summed E-state index contributed by atoms with van der Waals surface area (Å²) >= 11 is 3.50. The third-order valence-corrected chi connectivity index (χ3v) is 3.12. The molecule has 0 fully saturated rings. The van der Waals surface area contributed by atoms with Gasteiger partial charge in [-0.1, -0.05) is 6.92 Å². The molecule has 62 valence electrons. The van der Waals surface area contributed by atoms with Gasteiger partial charge in [-0.05, 0) is 6.42 Å². The molecular weight excluding hydrogens is 176 g/mol. The molecule has 0 aliphatic carbocycles. The quantitative estimate of drug-likeness (QED) is 0.425. The Labute approximate surface area is 65.4 Å². The van der Waals surface area contributed by atoms with Crippen molar-refractivity contribution in [1.82, 2.24) is 0 Å². The number of aliphatic hydroxyl groups is 1. The summed E-state index contributed by atoms with van der Waals surface area (Å²) in [5.74, 6) is 0. The number of rotatable bonds is 3. The largest absolute Gasteiger partial charge is 0.391 e. The maximum Gasteiger partial charge on any atom is 0.279 e. The molecule has 0 amide bonds. The highest BCUT2D eigenvalue weighted by atomic mass is 32.3. The Morgan fingerprint density at radius 1 is 1.60 bits per heavy atom. The van der Waals surface area contributed by atoms with E-state index in [0.717, 1.165) is 0 Å². The molecule has 2 atom stereocenters. The second-order valence-corrected chi connectivity index (χ2v) is 4.32. The third kappa shape index (κ3) is 2.87. The lowest BCUT2D eigenvalue weighted by atomic mass is 10.3. The minimum Gasteiger partial charge on any atom is -0.391 e. The summed E-state index contributed by atoms with van der Waals surface area (Å²) in [7, 11) is -4.20. The van der Waals surface area contributed by atoms with Crippen LogP contribution in [0.2, 0.25) is 0 Å². The van der Waals surface area contributed by atoms with Gasteiger partial charge in [0.15, 0.2) is 4.58 Å². The fourth-order valence-corrected chi connectivity index (χ4v) is 1.20. The first-order valence-corrected chi connectivity index (χ1v) is 4.74. The van der Waals surface area contributed by atoms with Crippen molar-refractivity contribution in [3.8, 4) is 0 Å². The van der Waals surface area contributed by atoms with Crippen LogP contribution in [0.1, 0.15) is 13.3 Å². The zero-order valence-corrected chi connectivity index (χ0v) is 7.14. The van der Waals surface area contributed by atoms with Crippen molar-refractivity contribution in [2.45, 2.75) is 24.0 Å². The van der Waals surface area contributed by atoms with Crippen LogP contribution in [0.3, 0.4) is 0 Å². The lowest BCUT2D eigenvalue weighted by Crippen LogP contribution is -2.28. The summed E-state index contributed by atoms with van der Waals surface area (Å²) in [6.45, 7) is 1.60. The van der Waals surface area contributed by atoms with E-state index in [1.54, 1.807) is 6.92 Å². The third-order valence-electron chi connectivity index (χ3n) is 1.05. The van der Waals surface area contributed by atoms with Crippen molar-refractivity contribution < 1.29 is 18.1 Å². The summed E-state index contributed by atoms with van der Waals surface area (Å²) in [5, 5.41) is 8.85. The standard InChI is InChI=1S/C4H10O4S2/c1-2-3(5)4(9)10(6,7)8/h3-5,9H,2H2,1H3,(H,6,7,8). The lowest BCUT2D eigenvalue weighted by molar-refractivity contribution is 0.183. The zero-order chi connectivity index (χ0) is 8.36. The highest BCUT2D eigenvalue weighted by Gasteiger charge is 2.25. The second-order valence-electron chi connectivity index (χ2n) is 1.88. The van der Waals surface area contributed by atoms with Crippen LogP contribution in [-0.4, -0.2) is 28.8 Å². The van der Waals surface area contributed by atoms with E-state index in [-0.39, 0.29) is 6.42 Å². The van der Waals surface area contributed by atoms with E-state index in [4.69, 9.17) is 9.66 Å². The van der Waals surface area contributed by atoms with Crippen LogP contribution in [0.25, 0.3) is 0 Å². The highest BCUT2D eigenvalue weighted by Crippen LogP contribution is 2.11. The first-order valence-electron chi connectivity index (χ1n) is 2.72.